The summed E-state index contributed by atoms with van der Waals surface area (Å²) >= 11 is 0. The first kappa shape index (κ1) is 11.2. The van der Waals surface area contributed by atoms with Gasteiger partial charge in [0.15, 0.2) is 0 Å². The zero-order chi connectivity index (χ0) is 11.8. The highest BCUT2D eigenvalue weighted by Gasteiger charge is 2.70. The van der Waals surface area contributed by atoms with Crippen LogP contribution < -0.4 is 0 Å². The number of hydrogen-bond donors (Lipinski definition) is 0. The van der Waals surface area contributed by atoms with E-state index in [-0.39, 0.29) is 5.41 Å². The van der Waals surface area contributed by atoms with Crippen molar-refractivity contribution in [1.82, 2.24) is 0 Å². The Morgan fingerprint density at radius 1 is 1.25 bits per heavy atom. The topological polar surface area (TPSA) is 0 Å². The smallest absolute Gasteiger partial charge is 0.0627 e. The van der Waals surface area contributed by atoms with Gasteiger partial charge in [-0.05, 0) is 54.3 Å². The van der Waals surface area contributed by atoms with Crippen LogP contribution in [0, 0.1) is 28.6 Å². The van der Waals surface area contributed by atoms with Crippen LogP contribution in [0.4, 0.5) is 0 Å². The van der Waals surface area contributed by atoms with Crippen LogP contribution in [-0.2, 0) is 0 Å². The molecule has 0 N–H and O–H groups in total. The van der Waals surface area contributed by atoms with Gasteiger partial charge in [-0.1, -0.05) is 32.4 Å². The van der Waals surface area contributed by atoms with Crippen molar-refractivity contribution in [3.8, 4) is 0 Å². The van der Waals surface area contributed by atoms with Gasteiger partial charge in [-0.25, -0.2) is 0 Å². The van der Waals surface area contributed by atoms with Gasteiger partial charge in [-0.2, -0.15) is 0 Å². The van der Waals surface area contributed by atoms with Gasteiger partial charge in [0.05, 0.1) is 15.7 Å². The molecule has 0 aliphatic heterocycles. The Balaban J connectivity index is 1.68. The third kappa shape index (κ3) is 1.31. The molecule has 16 heavy (non-hydrogen) atoms. The second kappa shape index (κ2) is 2.93. The van der Waals surface area contributed by atoms with Crippen LogP contribution in [0.15, 0.2) is 0 Å². The molecule has 4 atom stereocenters. The highest BCUT2D eigenvalue weighted by Crippen LogP contribution is 2.79. The van der Waals surface area contributed by atoms with E-state index in [1.165, 1.54) is 25.7 Å². The van der Waals surface area contributed by atoms with E-state index in [0.717, 1.165) is 29.6 Å². The largest absolute Gasteiger partial charge is 0.0941 e. The molecule has 0 aromatic heterocycles. The number of rotatable bonds is 2. The molecule has 0 aromatic rings. The molecule has 0 nitrogen and oxygen atoms in total. The Hall–Kier alpha value is 0.130. The Bertz CT molecular complexity index is 315. The molecule has 3 rings (SSSR count). The first-order chi connectivity index (χ1) is 7.26. The van der Waals surface area contributed by atoms with Crippen LogP contribution in [0.2, 0.25) is 5.21 Å². The van der Waals surface area contributed by atoms with Crippen LogP contribution in [0.5, 0.6) is 0 Å². The minimum atomic E-state index is -0.495. The molecule has 2 heteroatoms. The van der Waals surface area contributed by atoms with Gasteiger partial charge < -0.3 is 0 Å². The van der Waals surface area contributed by atoms with Crippen molar-refractivity contribution in [2.75, 3.05) is 0 Å². The van der Waals surface area contributed by atoms with E-state index in [0.29, 0.717) is 0 Å². The van der Waals surface area contributed by atoms with Crippen molar-refractivity contribution in [1.29, 1.82) is 0 Å². The van der Waals surface area contributed by atoms with E-state index >= 15 is 0 Å². The molecule has 3 aliphatic rings. The van der Waals surface area contributed by atoms with Crippen molar-refractivity contribution in [2.24, 2.45) is 28.6 Å². The summed E-state index contributed by atoms with van der Waals surface area (Å²) in [7, 11) is 12.7. The van der Waals surface area contributed by atoms with Crippen molar-refractivity contribution in [3.63, 3.8) is 0 Å². The maximum Gasteiger partial charge on any atom is 0.0627 e. The highest BCUT2D eigenvalue weighted by molar-refractivity contribution is 6.40. The first-order valence-electron chi connectivity index (χ1n) is 6.84. The fourth-order valence-corrected chi connectivity index (χ4v) is 4.31. The zero-order valence-corrected chi connectivity index (χ0v) is 10.9. The molecule has 0 aromatic carbocycles. The predicted molar refractivity (Wildman–Crippen MR) is 69.6 cm³/mol. The molecule has 3 fully saturated rings. The average Bonchev–Trinajstić information content (AvgIpc) is 2.80. The second-order valence-electron chi connectivity index (χ2n) is 7.77. The summed E-state index contributed by atoms with van der Waals surface area (Å²) in [6.07, 6.45) is 6.90. The third-order valence-electron chi connectivity index (χ3n) is 6.10. The summed E-state index contributed by atoms with van der Waals surface area (Å²) < 4.78 is 0. The van der Waals surface area contributed by atoms with E-state index in [1.807, 2.05) is 0 Å². The lowest BCUT2D eigenvalue weighted by atomic mass is 9.41. The van der Waals surface area contributed by atoms with E-state index in [1.54, 1.807) is 0 Å². The molecule has 0 saturated heterocycles. The lowest BCUT2D eigenvalue weighted by molar-refractivity contribution is 0.162. The Morgan fingerprint density at radius 3 is 2.25 bits per heavy atom. The highest BCUT2D eigenvalue weighted by atomic mass is 14.7. The van der Waals surface area contributed by atoms with E-state index in [9.17, 15) is 0 Å². The molecule has 4 radical (unpaired) electrons. The third-order valence-corrected chi connectivity index (χ3v) is 6.10. The van der Waals surface area contributed by atoms with Crippen LogP contribution in [0.25, 0.3) is 0 Å². The molecular formula is C14H22B2. The summed E-state index contributed by atoms with van der Waals surface area (Å²) in [6.45, 7) is 6.50. The van der Waals surface area contributed by atoms with Crippen molar-refractivity contribution in [2.45, 2.75) is 58.1 Å². The number of hydrogen-bond acceptors (Lipinski definition) is 0. The van der Waals surface area contributed by atoms with Crippen molar-refractivity contribution in [3.05, 3.63) is 0 Å². The molecule has 0 bridgehead atoms. The predicted octanol–water partition coefficient (Wildman–Crippen LogP) is 3.31. The van der Waals surface area contributed by atoms with Gasteiger partial charge in [0.1, 0.15) is 0 Å². The monoisotopic (exact) mass is 212 g/mol. The molecular weight excluding hydrogens is 190 g/mol. The van der Waals surface area contributed by atoms with E-state index in [2.05, 4.69) is 20.8 Å². The standard InChI is InChI=1S/C14H22B2/c1-12(2,3)14(15,16)7-9-6-10-4-5-13(10)8-11(9)13/h9-11H,4-8H2,1-3H3. The summed E-state index contributed by atoms with van der Waals surface area (Å²) in [5.41, 5.74) is 0.815. The summed E-state index contributed by atoms with van der Waals surface area (Å²) in [4.78, 5) is 0. The lowest BCUT2D eigenvalue weighted by Gasteiger charge is -2.42. The fraction of sp³-hybridized carbons (Fsp3) is 1.00. The van der Waals surface area contributed by atoms with Crippen molar-refractivity contribution < 1.29 is 0 Å². The van der Waals surface area contributed by atoms with Crippen LogP contribution in [0.1, 0.15) is 52.9 Å². The summed E-state index contributed by atoms with van der Waals surface area (Å²) in [5, 5.41) is -0.495. The zero-order valence-electron chi connectivity index (χ0n) is 10.9. The molecule has 3 aliphatic carbocycles. The molecule has 0 amide bonds. The van der Waals surface area contributed by atoms with Gasteiger partial charge >= 0.3 is 0 Å². The van der Waals surface area contributed by atoms with Crippen LogP contribution >= 0.6 is 0 Å². The quantitative estimate of drug-likeness (QED) is 0.616. The molecule has 4 unspecified atom stereocenters. The molecule has 84 valence electrons. The molecule has 3 saturated carbocycles. The maximum absolute atomic E-state index is 6.34. The Kier molecular flexibility index (Phi) is 2.05. The molecule has 1 spiro atoms. The minimum Gasteiger partial charge on any atom is -0.0941 e. The first-order valence-corrected chi connectivity index (χ1v) is 6.84. The van der Waals surface area contributed by atoms with Crippen LogP contribution in [-0.4, -0.2) is 15.7 Å². The molecule has 0 heterocycles. The van der Waals surface area contributed by atoms with Gasteiger partial charge in [0, 0.05) is 0 Å². The Labute approximate surface area is 103 Å². The SMILES string of the molecule is [B]C([B])(CC1CC2CCC23CC13)C(C)(C)C. The lowest BCUT2D eigenvalue weighted by Crippen LogP contribution is -2.32. The van der Waals surface area contributed by atoms with Gasteiger partial charge in [0.2, 0.25) is 0 Å². The maximum atomic E-state index is 6.34. The van der Waals surface area contributed by atoms with Gasteiger partial charge in [0.25, 0.3) is 0 Å². The van der Waals surface area contributed by atoms with Gasteiger partial charge in [-0.15, -0.1) is 0 Å². The average molecular weight is 212 g/mol. The minimum absolute atomic E-state index is 0.0106. The summed E-state index contributed by atoms with van der Waals surface area (Å²) in [6, 6.07) is 0. The second-order valence-corrected chi connectivity index (χ2v) is 7.77. The van der Waals surface area contributed by atoms with Crippen LogP contribution in [0.3, 0.4) is 0 Å². The summed E-state index contributed by atoms with van der Waals surface area (Å²) in [5.74, 6) is 2.85. The van der Waals surface area contributed by atoms with Crippen molar-refractivity contribution >= 4 is 15.7 Å². The Morgan fingerprint density at radius 2 is 1.94 bits per heavy atom. The normalized spacial score (nSPS) is 45.8. The van der Waals surface area contributed by atoms with E-state index < -0.39 is 5.21 Å². The fourth-order valence-electron chi connectivity index (χ4n) is 4.31. The van der Waals surface area contributed by atoms with E-state index in [4.69, 9.17) is 15.7 Å². The van der Waals surface area contributed by atoms with Gasteiger partial charge in [-0.3, -0.25) is 0 Å².